The summed E-state index contributed by atoms with van der Waals surface area (Å²) in [5, 5.41) is 5.09. The van der Waals surface area contributed by atoms with Gasteiger partial charge < -0.3 is 9.64 Å². The highest BCUT2D eigenvalue weighted by atomic mass is 79.9. The number of nitrogens with two attached hydrogens (primary N) is 1. The number of ether oxygens (including phenoxy) is 1. The van der Waals surface area contributed by atoms with Crippen LogP contribution in [0.4, 0.5) is 0 Å². The number of primary sulfonamides is 1. The molecule has 1 fully saturated rings. The zero-order valence-corrected chi connectivity index (χ0v) is 13.3. The number of amides is 1. The van der Waals surface area contributed by atoms with Crippen molar-refractivity contribution in [1.82, 2.24) is 4.90 Å². The van der Waals surface area contributed by atoms with Crippen LogP contribution in [0.3, 0.4) is 0 Å². The molecule has 1 aromatic rings. The van der Waals surface area contributed by atoms with Crippen molar-refractivity contribution < 1.29 is 17.9 Å². The van der Waals surface area contributed by atoms with Crippen molar-refractivity contribution in [3.63, 3.8) is 0 Å². The van der Waals surface area contributed by atoms with Crippen LogP contribution in [0.5, 0.6) is 0 Å². The van der Waals surface area contributed by atoms with Gasteiger partial charge in [0, 0.05) is 17.6 Å². The molecular weight excluding hydrogens is 348 g/mol. The van der Waals surface area contributed by atoms with E-state index in [1.807, 2.05) is 6.92 Å². The zero-order valence-electron chi connectivity index (χ0n) is 10.9. The van der Waals surface area contributed by atoms with Gasteiger partial charge in [-0.1, -0.05) is 0 Å². The van der Waals surface area contributed by atoms with Crippen LogP contribution in [0.15, 0.2) is 27.6 Å². The molecule has 110 valence electrons. The first kappa shape index (κ1) is 15.4. The summed E-state index contributed by atoms with van der Waals surface area (Å²) in [6, 6.07) is 4.16. The summed E-state index contributed by atoms with van der Waals surface area (Å²) >= 11 is 3.27. The first-order valence-corrected chi connectivity index (χ1v) is 8.36. The lowest BCUT2D eigenvalue weighted by Crippen LogP contribution is -2.44. The number of carbonyl (C=O) groups excluding carboxylic acids is 1. The number of hydrogen-bond acceptors (Lipinski definition) is 4. The molecule has 0 aromatic heterocycles. The van der Waals surface area contributed by atoms with Crippen molar-refractivity contribution in [2.45, 2.75) is 17.9 Å². The van der Waals surface area contributed by atoms with Crippen LogP contribution in [-0.4, -0.2) is 45.0 Å². The average molecular weight is 363 g/mol. The van der Waals surface area contributed by atoms with Gasteiger partial charge in [0.1, 0.15) is 0 Å². The third-order valence-electron chi connectivity index (χ3n) is 3.03. The van der Waals surface area contributed by atoms with Crippen molar-refractivity contribution >= 4 is 31.9 Å². The maximum absolute atomic E-state index is 12.5. The monoisotopic (exact) mass is 362 g/mol. The Balaban J connectivity index is 2.34. The van der Waals surface area contributed by atoms with E-state index in [0.29, 0.717) is 24.2 Å². The molecular formula is C12H15BrN2O4S. The number of rotatable bonds is 2. The number of benzene rings is 1. The molecule has 0 spiro atoms. The van der Waals surface area contributed by atoms with E-state index in [4.69, 9.17) is 9.88 Å². The van der Waals surface area contributed by atoms with Crippen LogP contribution in [0.2, 0.25) is 0 Å². The molecule has 0 aliphatic carbocycles. The third kappa shape index (κ3) is 3.38. The number of nitrogens with zero attached hydrogens (tertiary/aromatic N) is 1. The number of carbonyl (C=O) groups is 1. The van der Waals surface area contributed by atoms with E-state index in [1.165, 1.54) is 18.2 Å². The van der Waals surface area contributed by atoms with E-state index >= 15 is 0 Å². The van der Waals surface area contributed by atoms with Gasteiger partial charge in [0.25, 0.3) is 5.91 Å². The zero-order chi connectivity index (χ0) is 14.9. The molecule has 8 heteroatoms. The molecule has 1 saturated heterocycles. The van der Waals surface area contributed by atoms with Crippen molar-refractivity contribution in [1.29, 1.82) is 0 Å². The SMILES string of the molecule is CC1CN(C(=O)c2cc(S(N)(=O)=O)ccc2Br)CCO1. The van der Waals surface area contributed by atoms with Crippen molar-refractivity contribution in [3.8, 4) is 0 Å². The lowest BCUT2D eigenvalue weighted by atomic mass is 10.2. The summed E-state index contributed by atoms with van der Waals surface area (Å²) in [6.45, 7) is 3.31. The Morgan fingerprint density at radius 2 is 2.20 bits per heavy atom. The van der Waals surface area contributed by atoms with E-state index < -0.39 is 10.0 Å². The Hall–Kier alpha value is -0.960. The number of hydrogen-bond donors (Lipinski definition) is 1. The van der Waals surface area contributed by atoms with Crippen LogP contribution >= 0.6 is 15.9 Å². The normalized spacial score (nSPS) is 19.9. The summed E-state index contributed by atoms with van der Waals surface area (Å²) < 4.78 is 28.6. The molecule has 1 heterocycles. The number of sulfonamides is 1. The summed E-state index contributed by atoms with van der Waals surface area (Å²) in [7, 11) is -3.83. The van der Waals surface area contributed by atoms with Gasteiger partial charge in [-0.2, -0.15) is 0 Å². The first-order valence-electron chi connectivity index (χ1n) is 6.02. The topological polar surface area (TPSA) is 89.7 Å². The number of morpholine rings is 1. The number of halogens is 1. The van der Waals surface area contributed by atoms with Crippen molar-refractivity contribution in [3.05, 3.63) is 28.2 Å². The molecule has 0 bridgehead atoms. The van der Waals surface area contributed by atoms with E-state index in [9.17, 15) is 13.2 Å². The standard InChI is InChI=1S/C12H15BrN2O4S/c1-8-7-15(4-5-19-8)12(16)10-6-9(20(14,17)18)2-3-11(10)13/h2-3,6,8H,4-5,7H2,1H3,(H2,14,17,18). The second-order valence-corrected chi connectivity index (χ2v) is 7.03. The molecule has 2 rings (SSSR count). The van der Waals surface area contributed by atoms with Crippen LogP contribution in [0.25, 0.3) is 0 Å². The van der Waals surface area contributed by atoms with Gasteiger partial charge in [-0.15, -0.1) is 0 Å². The van der Waals surface area contributed by atoms with Crippen LogP contribution in [0, 0.1) is 0 Å². The molecule has 1 unspecified atom stereocenters. The van der Waals surface area contributed by atoms with E-state index in [1.54, 1.807) is 4.90 Å². The summed E-state index contributed by atoms with van der Waals surface area (Å²) in [4.78, 5) is 14.0. The lowest BCUT2D eigenvalue weighted by Gasteiger charge is -2.31. The third-order valence-corrected chi connectivity index (χ3v) is 4.63. The highest BCUT2D eigenvalue weighted by Crippen LogP contribution is 2.23. The van der Waals surface area contributed by atoms with E-state index in [2.05, 4.69) is 15.9 Å². The Kier molecular flexibility index (Phi) is 4.48. The maximum atomic E-state index is 12.5. The molecule has 1 atom stereocenters. The molecule has 1 aliphatic rings. The second-order valence-electron chi connectivity index (χ2n) is 4.62. The Bertz CT molecular complexity index is 632. The quantitative estimate of drug-likeness (QED) is 0.848. The van der Waals surface area contributed by atoms with Gasteiger partial charge >= 0.3 is 0 Å². The summed E-state index contributed by atoms with van der Waals surface area (Å²) in [6.07, 6.45) is -0.0344. The molecule has 0 radical (unpaired) electrons. The van der Waals surface area contributed by atoms with Crippen molar-refractivity contribution in [2.75, 3.05) is 19.7 Å². The van der Waals surface area contributed by atoms with Crippen LogP contribution in [0.1, 0.15) is 17.3 Å². The molecule has 6 nitrogen and oxygen atoms in total. The minimum atomic E-state index is -3.83. The fourth-order valence-electron chi connectivity index (χ4n) is 2.02. The molecule has 20 heavy (non-hydrogen) atoms. The Morgan fingerprint density at radius 1 is 1.50 bits per heavy atom. The van der Waals surface area contributed by atoms with Gasteiger partial charge in [0.2, 0.25) is 10.0 Å². The maximum Gasteiger partial charge on any atom is 0.255 e. The second kappa shape index (κ2) is 5.80. The minimum Gasteiger partial charge on any atom is -0.375 e. The first-order chi connectivity index (χ1) is 9.29. The van der Waals surface area contributed by atoms with Gasteiger partial charge in [0.15, 0.2) is 0 Å². The molecule has 1 aliphatic heterocycles. The average Bonchev–Trinajstić information content (AvgIpc) is 2.37. The van der Waals surface area contributed by atoms with Gasteiger partial charge in [0.05, 0.1) is 23.2 Å². The fraction of sp³-hybridized carbons (Fsp3) is 0.417. The van der Waals surface area contributed by atoms with E-state index in [-0.39, 0.29) is 22.5 Å². The van der Waals surface area contributed by atoms with Crippen LogP contribution in [-0.2, 0) is 14.8 Å². The van der Waals surface area contributed by atoms with Gasteiger partial charge in [-0.25, -0.2) is 13.6 Å². The van der Waals surface area contributed by atoms with Crippen molar-refractivity contribution in [2.24, 2.45) is 5.14 Å². The predicted octanol–water partition coefficient (Wildman–Crippen LogP) is 0.957. The molecule has 1 amide bonds. The Labute approximate surface area is 126 Å². The molecule has 2 N–H and O–H groups in total. The fourth-order valence-corrected chi connectivity index (χ4v) is 2.97. The highest BCUT2D eigenvalue weighted by molar-refractivity contribution is 9.10. The van der Waals surface area contributed by atoms with Crippen LogP contribution < -0.4 is 5.14 Å². The molecule has 1 aromatic carbocycles. The van der Waals surface area contributed by atoms with Gasteiger partial charge in [-0.05, 0) is 41.1 Å². The summed E-state index contributed by atoms with van der Waals surface area (Å²) in [5.41, 5.74) is 0.283. The predicted molar refractivity (Wildman–Crippen MR) is 76.8 cm³/mol. The Morgan fingerprint density at radius 3 is 2.80 bits per heavy atom. The minimum absolute atomic E-state index is 0.0344. The lowest BCUT2D eigenvalue weighted by molar-refractivity contribution is -0.0124. The molecule has 0 saturated carbocycles. The largest absolute Gasteiger partial charge is 0.375 e. The highest BCUT2D eigenvalue weighted by Gasteiger charge is 2.25. The van der Waals surface area contributed by atoms with E-state index in [0.717, 1.165) is 0 Å². The smallest absolute Gasteiger partial charge is 0.255 e. The summed E-state index contributed by atoms with van der Waals surface area (Å²) in [5.74, 6) is -0.238. The van der Waals surface area contributed by atoms with Gasteiger partial charge in [-0.3, -0.25) is 4.79 Å².